The number of thioether (sulfide) groups is 1. The van der Waals surface area contributed by atoms with Crippen molar-refractivity contribution in [1.82, 2.24) is 4.57 Å². The van der Waals surface area contributed by atoms with Crippen LogP contribution in [0.5, 0.6) is 0 Å². The summed E-state index contributed by atoms with van der Waals surface area (Å²) < 4.78 is 44.0. The summed E-state index contributed by atoms with van der Waals surface area (Å²) in [5.74, 6) is -0.451. The number of carbonyl (C=O) groups is 2. The van der Waals surface area contributed by atoms with E-state index in [0.29, 0.717) is 27.2 Å². The molecule has 0 radical (unpaired) electrons. The molecule has 0 unspecified atom stereocenters. The normalized spacial score (nSPS) is 12.3. The molecular formula is C22H23FN2O5S3. The molecular weight excluding hydrogens is 487 g/mol. The molecule has 0 saturated carbocycles. The van der Waals surface area contributed by atoms with Gasteiger partial charge in [0, 0.05) is 17.6 Å². The lowest BCUT2D eigenvalue weighted by molar-refractivity contribution is -0.143. The number of ether oxygens (including phenoxy) is 1. The molecule has 1 heterocycles. The minimum atomic E-state index is -3.41. The first kappa shape index (κ1) is 25.1. The molecule has 0 N–H and O–H groups in total. The number of thiazole rings is 1. The maximum atomic E-state index is 13.0. The van der Waals surface area contributed by atoms with Gasteiger partial charge in [-0.05, 0) is 61.6 Å². The number of carbonyl (C=O) groups excluding carboxylic acids is 2. The molecule has 2 aromatic carbocycles. The second kappa shape index (κ2) is 11.1. The molecule has 3 aromatic rings. The van der Waals surface area contributed by atoms with Gasteiger partial charge in [-0.15, -0.1) is 11.8 Å². The highest BCUT2D eigenvalue weighted by Gasteiger charge is 2.15. The lowest BCUT2D eigenvalue weighted by atomic mass is 10.3. The Morgan fingerprint density at radius 2 is 1.91 bits per heavy atom. The van der Waals surface area contributed by atoms with Crippen molar-refractivity contribution in [2.75, 3.05) is 18.6 Å². The van der Waals surface area contributed by atoms with Gasteiger partial charge in [0.15, 0.2) is 14.6 Å². The molecule has 0 aliphatic carbocycles. The van der Waals surface area contributed by atoms with Crippen LogP contribution in [-0.4, -0.2) is 43.5 Å². The Kier molecular flexibility index (Phi) is 8.44. The summed E-state index contributed by atoms with van der Waals surface area (Å²) in [6.07, 6.45) is 1.90. The Morgan fingerprint density at radius 1 is 1.18 bits per heavy atom. The zero-order chi connectivity index (χ0) is 24.0. The number of esters is 1. The van der Waals surface area contributed by atoms with E-state index in [2.05, 4.69) is 4.99 Å². The molecule has 3 rings (SSSR count). The number of hydrogen-bond donors (Lipinski definition) is 0. The van der Waals surface area contributed by atoms with Crippen LogP contribution < -0.4 is 4.80 Å². The molecule has 0 bridgehead atoms. The van der Waals surface area contributed by atoms with E-state index in [1.807, 2.05) is 0 Å². The number of hydrogen-bond acceptors (Lipinski definition) is 7. The molecule has 1 amide bonds. The molecule has 11 heteroatoms. The van der Waals surface area contributed by atoms with Gasteiger partial charge in [-0.25, -0.2) is 12.8 Å². The van der Waals surface area contributed by atoms with Gasteiger partial charge in [-0.3, -0.25) is 9.59 Å². The monoisotopic (exact) mass is 510 g/mol. The highest BCUT2D eigenvalue weighted by atomic mass is 32.2. The summed E-state index contributed by atoms with van der Waals surface area (Å²) in [6.45, 7) is 1.78. The first-order chi connectivity index (χ1) is 15.7. The molecule has 1 aromatic heterocycles. The quantitative estimate of drug-likeness (QED) is 0.247. The van der Waals surface area contributed by atoms with E-state index in [-0.39, 0.29) is 36.2 Å². The number of halogens is 1. The highest BCUT2D eigenvalue weighted by molar-refractivity contribution is 7.99. The third kappa shape index (κ3) is 6.99. The Bertz CT molecular complexity index is 1330. The number of amides is 1. The lowest BCUT2D eigenvalue weighted by Gasteiger charge is -2.05. The largest absolute Gasteiger partial charge is 0.465 e. The third-order valence-electron chi connectivity index (χ3n) is 4.51. The Balaban J connectivity index is 1.80. The van der Waals surface area contributed by atoms with Crippen molar-refractivity contribution in [2.24, 2.45) is 4.99 Å². The second-order valence-electron chi connectivity index (χ2n) is 7.09. The number of sulfone groups is 1. The van der Waals surface area contributed by atoms with Crippen molar-refractivity contribution >= 4 is 55.0 Å². The molecule has 0 spiro atoms. The summed E-state index contributed by atoms with van der Waals surface area (Å²) in [5.41, 5.74) is 0.596. The first-order valence-electron chi connectivity index (χ1n) is 10.1. The molecule has 0 saturated heterocycles. The van der Waals surface area contributed by atoms with Gasteiger partial charge < -0.3 is 9.30 Å². The van der Waals surface area contributed by atoms with Crippen LogP contribution in [0.15, 0.2) is 57.2 Å². The fraction of sp³-hybridized carbons (Fsp3) is 0.318. The van der Waals surface area contributed by atoms with Crippen LogP contribution in [0.1, 0.15) is 19.8 Å². The fourth-order valence-electron chi connectivity index (χ4n) is 2.96. The maximum Gasteiger partial charge on any atom is 0.326 e. The van der Waals surface area contributed by atoms with Crippen LogP contribution in [0.3, 0.4) is 0 Å². The van der Waals surface area contributed by atoms with Crippen LogP contribution in [0.25, 0.3) is 10.2 Å². The number of rotatable bonds is 9. The van der Waals surface area contributed by atoms with Crippen molar-refractivity contribution in [3.05, 3.63) is 53.1 Å². The topological polar surface area (TPSA) is 94.8 Å². The smallest absolute Gasteiger partial charge is 0.326 e. The predicted molar refractivity (Wildman–Crippen MR) is 126 cm³/mol. The minimum absolute atomic E-state index is 0.140. The van der Waals surface area contributed by atoms with Crippen molar-refractivity contribution in [3.8, 4) is 0 Å². The van der Waals surface area contributed by atoms with Gasteiger partial charge in [0.05, 0.1) is 21.7 Å². The van der Waals surface area contributed by atoms with E-state index < -0.39 is 15.8 Å². The average molecular weight is 511 g/mol. The molecule has 176 valence electrons. The van der Waals surface area contributed by atoms with Crippen LogP contribution in [0.4, 0.5) is 4.39 Å². The molecule has 0 aliphatic heterocycles. The van der Waals surface area contributed by atoms with E-state index >= 15 is 0 Å². The molecule has 33 heavy (non-hydrogen) atoms. The number of nitrogens with zero attached hydrogens (tertiary/aromatic N) is 2. The summed E-state index contributed by atoms with van der Waals surface area (Å²) in [6, 6.07) is 10.7. The first-order valence-corrected chi connectivity index (χ1v) is 13.8. The van der Waals surface area contributed by atoms with Crippen LogP contribution in [0, 0.1) is 5.82 Å². The van der Waals surface area contributed by atoms with E-state index in [4.69, 9.17) is 4.74 Å². The zero-order valence-corrected chi connectivity index (χ0v) is 20.6. The standard InChI is InChI=1S/C22H23FN2O5S3/c1-3-30-21(27)14-25-18-11-10-17(33(2,28)29)13-19(18)32-22(25)24-20(26)5-4-12-31-16-8-6-15(23)7-9-16/h6-11,13H,3-5,12,14H2,1-2H3. The number of benzene rings is 2. The van der Waals surface area contributed by atoms with Crippen molar-refractivity contribution < 1.29 is 27.1 Å². The van der Waals surface area contributed by atoms with Gasteiger partial charge in [0.1, 0.15) is 12.4 Å². The van der Waals surface area contributed by atoms with Crippen molar-refractivity contribution in [1.29, 1.82) is 0 Å². The number of fused-ring (bicyclic) bond motifs is 1. The molecule has 0 aliphatic rings. The van der Waals surface area contributed by atoms with Gasteiger partial charge in [-0.1, -0.05) is 11.3 Å². The number of aromatic nitrogens is 1. The fourth-order valence-corrected chi connectivity index (χ4v) is 5.63. The second-order valence-corrected chi connectivity index (χ2v) is 11.3. The lowest BCUT2D eigenvalue weighted by Crippen LogP contribution is -2.23. The third-order valence-corrected chi connectivity index (χ3v) is 7.76. The van der Waals surface area contributed by atoms with E-state index in [0.717, 1.165) is 22.5 Å². The van der Waals surface area contributed by atoms with Gasteiger partial charge in [0.2, 0.25) is 5.91 Å². The summed E-state index contributed by atoms with van der Waals surface area (Å²) in [4.78, 5) is 30.1. The van der Waals surface area contributed by atoms with Crippen molar-refractivity contribution in [2.45, 2.75) is 36.1 Å². The van der Waals surface area contributed by atoms with Crippen LogP contribution in [-0.2, 0) is 30.7 Å². The van der Waals surface area contributed by atoms with Gasteiger partial charge in [0.25, 0.3) is 0 Å². The van der Waals surface area contributed by atoms with Crippen molar-refractivity contribution in [3.63, 3.8) is 0 Å². The summed E-state index contributed by atoms with van der Waals surface area (Å²) in [7, 11) is -3.41. The maximum absolute atomic E-state index is 13.0. The minimum Gasteiger partial charge on any atom is -0.465 e. The summed E-state index contributed by atoms with van der Waals surface area (Å²) in [5, 5.41) is 0. The van der Waals surface area contributed by atoms with E-state index in [1.54, 1.807) is 29.7 Å². The van der Waals surface area contributed by atoms with E-state index in [9.17, 15) is 22.4 Å². The SMILES string of the molecule is CCOC(=O)Cn1c(=NC(=O)CCCSc2ccc(F)cc2)sc2cc(S(C)(=O)=O)ccc21. The molecule has 7 nitrogen and oxygen atoms in total. The van der Waals surface area contributed by atoms with Gasteiger partial charge in [-0.2, -0.15) is 4.99 Å². The average Bonchev–Trinajstić information content (AvgIpc) is 3.08. The Hall–Kier alpha value is -2.50. The highest BCUT2D eigenvalue weighted by Crippen LogP contribution is 2.22. The van der Waals surface area contributed by atoms with Gasteiger partial charge >= 0.3 is 5.97 Å². The Morgan fingerprint density at radius 3 is 2.58 bits per heavy atom. The molecule has 0 atom stereocenters. The Labute approximate surface area is 199 Å². The summed E-state index contributed by atoms with van der Waals surface area (Å²) >= 11 is 2.66. The van der Waals surface area contributed by atoms with Crippen LogP contribution in [0.2, 0.25) is 0 Å². The van der Waals surface area contributed by atoms with E-state index in [1.165, 1.54) is 36.0 Å². The predicted octanol–water partition coefficient (Wildman–Crippen LogP) is 3.81. The van der Waals surface area contributed by atoms with Crippen LogP contribution >= 0.6 is 23.1 Å². The molecule has 0 fully saturated rings. The zero-order valence-electron chi connectivity index (χ0n) is 18.1.